The minimum Gasteiger partial charge on any atom is -0.338 e. The summed E-state index contributed by atoms with van der Waals surface area (Å²) in [7, 11) is 0. The first-order valence-electron chi connectivity index (χ1n) is 6.24. The summed E-state index contributed by atoms with van der Waals surface area (Å²) in [6.45, 7) is 6.44. The van der Waals surface area contributed by atoms with Gasteiger partial charge in [0.2, 0.25) is 5.91 Å². The van der Waals surface area contributed by atoms with E-state index in [0.717, 1.165) is 19.5 Å². The van der Waals surface area contributed by atoms with Gasteiger partial charge in [-0.15, -0.1) is 0 Å². The molecule has 0 radical (unpaired) electrons. The molecule has 2 aliphatic rings. The lowest BCUT2D eigenvalue weighted by Gasteiger charge is -2.42. The van der Waals surface area contributed by atoms with Gasteiger partial charge in [0.1, 0.15) is 0 Å². The van der Waals surface area contributed by atoms with Gasteiger partial charge < -0.3 is 10.2 Å². The second-order valence-electron chi connectivity index (χ2n) is 5.13. The molecule has 86 valence electrons. The van der Waals surface area contributed by atoms with Crippen LogP contribution in [0.5, 0.6) is 0 Å². The number of amides is 1. The fraction of sp³-hybridized carbons (Fsp3) is 0.917. The smallest absolute Gasteiger partial charge is 0.240 e. The van der Waals surface area contributed by atoms with Crippen LogP contribution < -0.4 is 5.32 Å². The van der Waals surface area contributed by atoms with E-state index in [-0.39, 0.29) is 6.04 Å². The third-order valence-corrected chi connectivity index (χ3v) is 3.72. The lowest BCUT2D eigenvalue weighted by Crippen LogP contribution is -2.58. The first kappa shape index (κ1) is 10.9. The third kappa shape index (κ3) is 2.17. The number of carbonyl (C=O) groups is 1. The van der Waals surface area contributed by atoms with Crippen LogP contribution in [-0.4, -0.2) is 36.0 Å². The summed E-state index contributed by atoms with van der Waals surface area (Å²) in [6, 6.07) is 0.609. The van der Waals surface area contributed by atoms with Crippen molar-refractivity contribution in [2.75, 3.05) is 13.1 Å². The van der Waals surface area contributed by atoms with Crippen molar-refractivity contribution in [1.29, 1.82) is 0 Å². The maximum absolute atomic E-state index is 12.2. The van der Waals surface area contributed by atoms with Crippen molar-refractivity contribution in [2.45, 2.75) is 51.6 Å². The Morgan fingerprint density at radius 2 is 2.07 bits per heavy atom. The zero-order valence-corrected chi connectivity index (χ0v) is 9.83. The lowest BCUT2D eigenvalue weighted by atomic mass is 9.91. The van der Waals surface area contributed by atoms with Gasteiger partial charge in [-0.1, -0.05) is 13.8 Å². The van der Waals surface area contributed by atoms with Crippen molar-refractivity contribution < 1.29 is 4.79 Å². The Morgan fingerprint density at radius 1 is 1.33 bits per heavy atom. The van der Waals surface area contributed by atoms with Crippen LogP contribution in [0.1, 0.15) is 39.5 Å². The van der Waals surface area contributed by atoms with Gasteiger partial charge >= 0.3 is 0 Å². The molecule has 15 heavy (non-hydrogen) atoms. The molecule has 2 rings (SSSR count). The van der Waals surface area contributed by atoms with E-state index in [4.69, 9.17) is 0 Å². The molecule has 1 N–H and O–H groups in total. The molecular formula is C12H22N2O. The minimum absolute atomic E-state index is 0.129. The highest BCUT2D eigenvalue weighted by molar-refractivity contribution is 5.83. The molecular weight excluding hydrogens is 188 g/mol. The standard InChI is InChI=1S/C12H22N2O/c1-9(2)11-5-3-4-8-14(11)12(15)10-6-7-13-10/h9-11,13H,3-8H2,1-2H3/t10-,11?/m1/s1. The number of nitrogens with one attached hydrogen (secondary N) is 1. The molecule has 2 aliphatic heterocycles. The molecule has 0 aromatic heterocycles. The first-order chi connectivity index (χ1) is 7.20. The van der Waals surface area contributed by atoms with Gasteiger partial charge in [0.15, 0.2) is 0 Å². The van der Waals surface area contributed by atoms with Gasteiger partial charge in [-0.05, 0) is 38.1 Å². The van der Waals surface area contributed by atoms with E-state index in [1.807, 2.05) is 0 Å². The van der Waals surface area contributed by atoms with Gasteiger partial charge in [0.05, 0.1) is 6.04 Å². The Bertz CT molecular complexity index is 236. The van der Waals surface area contributed by atoms with Crippen molar-refractivity contribution in [2.24, 2.45) is 5.92 Å². The van der Waals surface area contributed by atoms with Crippen LogP contribution in [0.15, 0.2) is 0 Å². The fourth-order valence-corrected chi connectivity index (χ4v) is 2.62. The van der Waals surface area contributed by atoms with E-state index in [2.05, 4.69) is 24.1 Å². The fourth-order valence-electron chi connectivity index (χ4n) is 2.62. The Balaban J connectivity index is 1.99. The van der Waals surface area contributed by atoms with Crippen LogP contribution in [0.4, 0.5) is 0 Å². The number of nitrogens with zero attached hydrogens (tertiary/aromatic N) is 1. The average Bonchev–Trinajstić information content (AvgIpc) is 2.15. The quantitative estimate of drug-likeness (QED) is 0.747. The van der Waals surface area contributed by atoms with E-state index in [9.17, 15) is 4.79 Å². The Kier molecular flexibility index (Phi) is 3.29. The van der Waals surface area contributed by atoms with Gasteiger partial charge in [-0.25, -0.2) is 0 Å². The van der Waals surface area contributed by atoms with Gasteiger partial charge in [0, 0.05) is 12.6 Å². The van der Waals surface area contributed by atoms with Crippen molar-refractivity contribution in [3.05, 3.63) is 0 Å². The highest BCUT2D eigenvalue weighted by Gasteiger charge is 2.34. The third-order valence-electron chi connectivity index (χ3n) is 3.72. The summed E-state index contributed by atoms with van der Waals surface area (Å²) in [5.41, 5.74) is 0. The van der Waals surface area contributed by atoms with Crippen molar-refractivity contribution in [3.63, 3.8) is 0 Å². The lowest BCUT2D eigenvalue weighted by molar-refractivity contribution is -0.140. The summed E-state index contributed by atoms with van der Waals surface area (Å²) in [4.78, 5) is 14.3. The van der Waals surface area contributed by atoms with Crippen molar-refractivity contribution in [3.8, 4) is 0 Å². The first-order valence-corrected chi connectivity index (χ1v) is 6.24. The monoisotopic (exact) mass is 210 g/mol. The van der Waals surface area contributed by atoms with E-state index < -0.39 is 0 Å². The van der Waals surface area contributed by atoms with Gasteiger partial charge in [0.25, 0.3) is 0 Å². The molecule has 1 unspecified atom stereocenters. The topological polar surface area (TPSA) is 32.3 Å². The molecule has 0 spiro atoms. The molecule has 3 nitrogen and oxygen atoms in total. The number of piperidine rings is 1. The predicted molar refractivity (Wildman–Crippen MR) is 60.6 cm³/mol. The highest BCUT2D eigenvalue weighted by Crippen LogP contribution is 2.24. The second-order valence-corrected chi connectivity index (χ2v) is 5.13. The molecule has 0 aromatic rings. The summed E-state index contributed by atoms with van der Waals surface area (Å²) in [5, 5.41) is 3.21. The Labute approximate surface area is 92.2 Å². The number of likely N-dealkylation sites (tertiary alicyclic amines) is 1. The number of hydrogen-bond acceptors (Lipinski definition) is 2. The minimum atomic E-state index is 0.129. The van der Waals surface area contributed by atoms with Gasteiger partial charge in [-0.3, -0.25) is 4.79 Å². The van der Waals surface area contributed by atoms with Crippen LogP contribution in [0.2, 0.25) is 0 Å². The molecule has 2 heterocycles. The number of carbonyl (C=O) groups excluding carboxylic acids is 1. The average molecular weight is 210 g/mol. The number of hydrogen-bond donors (Lipinski definition) is 1. The maximum atomic E-state index is 12.2. The van der Waals surface area contributed by atoms with Crippen LogP contribution in [-0.2, 0) is 4.79 Å². The largest absolute Gasteiger partial charge is 0.338 e. The van der Waals surface area contributed by atoms with Crippen molar-refractivity contribution >= 4 is 5.91 Å². The predicted octanol–water partition coefficient (Wildman–Crippen LogP) is 1.39. The molecule has 0 aliphatic carbocycles. The summed E-state index contributed by atoms with van der Waals surface area (Å²) >= 11 is 0. The molecule has 2 fully saturated rings. The van der Waals surface area contributed by atoms with E-state index >= 15 is 0 Å². The van der Waals surface area contributed by atoms with Crippen LogP contribution in [0.25, 0.3) is 0 Å². The van der Waals surface area contributed by atoms with Crippen LogP contribution >= 0.6 is 0 Å². The highest BCUT2D eigenvalue weighted by atomic mass is 16.2. The molecule has 0 saturated carbocycles. The molecule has 0 aromatic carbocycles. The normalized spacial score (nSPS) is 31.5. The molecule has 2 saturated heterocycles. The summed E-state index contributed by atoms with van der Waals surface area (Å²) in [5.74, 6) is 0.939. The van der Waals surface area contributed by atoms with Crippen LogP contribution in [0, 0.1) is 5.92 Å². The van der Waals surface area contributed by atoms with E-state index in [0.29, 0.717) is 17.9 Å². The van der Waals surface area contributed by atoms with Crippen molar-refractivity contribution in [1.82, 2.24) is 10.2 Å². The zero-order chi connectivity index (χ0) is 10.8. The molecule has 3 heteroatoms. The van der Waals surface area contributed by atoms with E-state index in [1.54, 1.807) is 0 Å². The number of rotatable bonds is 2. The molecule has 1 amide bonds. The zero-order valence-electron chi connectivity index (χ0n) is 9.83. The van der Waals surface area contributed by atoms with Gasteiger partial charge in [-0.2, -0.15) is 0 Å². The summed E-state index contributed by atoms with van der Waals surface area (Å²) < 4.78 is 0. The molecule has 0 bridgehead atoms. The Hall–Kier alpha value is -0.570. The van der Waals surface area contributed by atoms with Crippen LogP contribution in [0.3, 0.4) is 0 Å². The maximum Gasteiger partial charge on any atom is 0.240 e. The SMILES string of the molecule is CC(C)C1CCCCN1C(=O)[C@H]1CCN1. The summed E-state index contributed by atoms with van der Waals surface area (Å²) in [6.07, 6.45) is 4.68. The van der Waals surface area contributed by atoms with E-state index in [1.165, 1.54) is 19.3 Å². The molecule has 2 atom stereocenters. The second kappa shape index (κ2) is 4.52. The Morgan fingerprint density at radius 3 is 2.60 bits per heavy atom.